The number of carboxylic acids is 1. The SMILES string of the molecule is CC(C)[C@@H](C(=O)O)N1Cc2ccc(-c3ccc(NC(=O)c4ccccc4C(F)(F)F)cc3)cc2C1=O. The fourth-order valence-corrected chi connectivity index (χ4v) is 4.38. The molecule has 1 aliphatic heterocycles. The van der Waals surface area contributed by atoms with Crippen LogP contribution in [0, 0.1) is 5.92 Å². The van der Waals surface area contributed by atoms with E-state index in [1.807, 2.05) is 6.07 Å². The molecule has 1 aliphatic rings. The minimum atomic E-state index is -4.65. The normalized spacial score (nSPS) is 14.1. The van der Waals surface area contributed by atoms with Crippen molar-refractivity contribution in [3.05, 3.63) is 89.0 Å². The molecule has 0 spiro atoms. The quantitative estimate of drug-likeness (QED) is 0.459. The number of rotatable bonds is 6. The van der Waals surface area contributed by atoms with Gasteiger partial charge in [0.2, 0.25) is 0 Å². The van der Waals surface area contributed by atoms with Gasteiger partial charge in [-0.1, -0.05) is 50.2 Å². The van der Waals surface area contributed by atoms with Gasteiger partial charge < -0.3 is 15.3 Å². The molecule has 1 atom stereocenters. The predicted molar refractivity (Wildman–Crippen MR) is 127 cm³/mol. The molecule has 2 N–H and O–H groups in total. The number of halogens is 3. The summed E-state index contributed by atoms with van der Waals surface area (Å²) < 4.78 is 39.7. The molecule has 4 rings (SSSR count). The van der Waals surface area contributed by atoms with Gasteiger partial charge in [0.05, 0.1) is 11.1 Å². The second-order valence-electron chi connectivity index (χ2n) is 8.91. The van der Waals surface area contributed by atoms with Crippen molar-refractivity contribution < 1.29 is 32.7 Å². The first-order chi connectivity index (χ1) is 17.0. The number of carbonyl (C=O) groups is 3. The second-order valence-corrected chi connectivity index (χ2v) is 8.91. The summed E-state index contributed by atoms with van der Waals surface area (Å²) >= 11 is 0. The average molecular weight is 496 g/mol. The van der Waals surface area contributed by atoms with Gasteiger partial charge in [0.25, 0.3) is 11.8 Å². The van der Waals surface area contributed by atoms with Gasteiger partial charge in [-0.05, 0) is 52.9 Å². The third-order valence-corrected chi connectivity index (χ3v) is 6.12. The Morgan fingerprint density at radius 1 is 0.972 bits per heavy atom. The molecule has 1 heterocycles. The molecule has 3 aromatic carbocycles. The lowest BCUT2D eigenvalue weighted by atomic mass is 10.00. The number of amides is 2. The van der Waals surface area contributed by atoms with E-state index in [2.05, 4.69) is 5.32 Å². The van der Waals surface area contributed by atoms with Crippen LogP contribution in [0.2, 0.25) is 0 Å². The first-order valence-electron chi connectivity index (χ1n) is 11.2. The van der Waals surface area contributed by atoms with E-state index in [9.17, 15) is 32.7 Å². The van der Waals surface area contributed by atoms with Gasteiger partial charge in [0.15, 0.2) is 0 Å². The van der Waals surface area contributed by atoms with E-state index in [4.69, 9.17) is 0 Å². The maximum Gasteiger partial charge on any atom is 0.417 e. The van der Waals surface area contributed by atoms with E-state index >= 15 is 0 Å². The van der Waals surface area contributed by atoms with Crippen molar-refractivity contribution in [1.29, 1.82) is 0 Å². The lowest BCUT2D eigenvalue weighted by Crippen LogP contribution is -2.44. The lowest BCUT2D eigenvalue weighted by molar-refractivity contribution is -0.144. The van der Waals surface area contributed by atoms with Crippen molar-refractivity contribution in [1.82, 2.24) is 4.90 Å². The summed E-state index contributed by atoms with van der Waals surface area (Å²) in [5, 5.41) is 12.1. The Bertz CT molecular complexity index is 1330. The van der Waals surface area contributed by atoms with Gasteiger partial charge in [0.1, 0.15) is 6.04 Å². The summed E-state index contributed by atoms with van der Waals surface area (Å²) in [6.45, 7) is 3.72. The topological polar surface area (TPSA) is 86.7 Å². The van der Waals surface area contributed by atoms with Gasteiger partial charge in [-0.3, -0.25) is 9.59 Å². The van der Waals surface area contributed by atoms with Crippen LogP contribution in [0.1, 0.15) is 45.7 Å². The van der Waals surface area contributed by atoms with Crippen LogP contribution in [0.4, 0.5) is 18.9 Å². The molecular weight excluding hydrogens is 473 g/mol. The molecule has 0 unspecified atom stereocenters. The van der Waals surface area contributed by atoms with E-state index in [-0.39, 0.29) is 18.4 Å². The van der Waals surface area contributed by atoms with E-state index < -0.39 is 35.2 Å². The monoisotopic (exact) mass is 496 g/mol. The predicted octanol–water partition coefficient (Wildman–Crippen LogP) is 5.69. The van der Waals surface area contributed by atoms with Gasteiger partial charge in [-0.2, -0.15) is 13.2 Å². The van der Waals surface area contributed by atoms with Gasteiger partial charge in [-0.15, -0.1) is 0 Å². The molecule has 0 radical (unpaired) electrons. The molecule has 0 saturated heterocycles. The molecule has 2 amide bonds. The van der Waals surface area contributed by atoms with Crippen LogP contribution in [0.25, 0.3) is 11.1 Å². The highest BCUT2D eigenvalue weighted by molar-refractivity contribution is 6.05. The molecular formula is C27H23F3N2O4. The largest absolute Gasteiger partial charge is 0.480 e. The molecule has 9 heteroatoms. The lowest BCUT2D eigenvalue weighted by Gasteiger charge is -2.27. The van der Waals surface area contributed by atoms with Crippen LogP contribution in [0.5, 0.6) is 0 Å². The standard InChI is InChI=1S/C27H23F3N2O4/c1-15(2)23(26(35)36)32-14-18-8-7-17(13-21(18)25(32)34)16-9-11-19(12-10-16)31-24(33)20-5-3-4-6-22(20)27(28,29)30/h3-13,15,23H,14H2,1-2H3,(H,31,33)(H,35,36)/t23-/m0/s1. The molecule has 3 aromatic rings. The minimum absolute atomic E-state index is 0.216. The Morgan fingerprint density at radius 3 is 2.22 bits per heavy atom. The highest BCUT2D eigenvalue weighted by Gasteiger charge is 2.38. The molecule has 0 bridgehead atoms. The number of carboxylic acid groups (broad SMARTS) is 1. The summed E-state index contributed by atoms with van der Waals surface area (Å²) in [7, 11) is 0. The summed E-state index contributed by atoms with van der Waals surface area (Å²) in [6.07, 6.45) is -4.65. The van der Waals surface area contributed by atoms with Gasteiger partial charge in [-0.25, -0.2) is 4.79 Å². The van der Waals surface area contributed by atoms with Crippen molar-refractivity contribution in [2.45, 2.75) is 32.6 Å². The van der Waals surface area contributed by atoms with Gasteiger partial charge >= 0.3 is 12.1 Å². The number of fused-ring (bicyclic) bond motifs is 1. The van der Waals surface area contributed by atoms with Gasteiger partial charge in [0, 0.05) is 17.8 Å². The number of hydrogen-bond donors (Lipinski definition) is 2. The average Bonchev–Trinajstić information content (AvgIpc) is 3.14. The zero-order chi connectivity index (χ0) is 26.2. The van der Waals surface area contributed by atoms with Crippen molar-refractivity contribution in [2.75, 3.05) is 5.32 Å². The van der Waals surface area contributed by atoms with Crippen LogP contribution in [0.3, 0.4) is 0 Å². The van der Waals surface area contributed by atoms with Crippen LogP contribution < -0.4 is 5.32 Å². The second kappa shape index (κ2) is 9.49. The number of aliphatic carboxylic acids is 1. The number of alkyl halides is 3. The first-order valence-corrected chi connectivity index (χ1v) is 11.2. The zero-order valence-electron chi connectivity index (χ0n) is 19.5. The highest BCUT2D eigenvalue weighted by Crippen LogP contribution is 2.33. The zero-order valence-corrected chi connectivity index (χ0v) is 19.5. The van der Waals surface area contributed by atoms with Crippen LogP contribution in [-0.2, 0) is 17.5 Å². The van der Waals surface area contributed by atoms with Crippen molar-refractivity contribution >= 4 is 23.5 Å². The Kier molecular flexibility index (Phi) is 6.58. The van der Waals surface area contributed by atoms with Crippen molar-refractivity contribution in [2.24, 2.45) is 5.92 Å². The van der Waals surface area contributed by atoms with Crippen molar-refractivity contribution in [3.63, 3.8) is 0 Å². The number of hydrogen-bond acceptors (Lipinski definition) is 3. The maximum atomic E-state index is 13.2. The molecule has 0 fully saturated rings. The van der Waals surface area contributed by atoms with E-state index in [1.54, 1.807) is 50.2 Å². The van der Waals surface area contributed by atoms with Crippen LogP contribution in [0.15, 0.2) is 66.7 Å². The van der Waals surface area contributed by atoms with Crippen LogP contribution >= 0.6 is 0 Å². The molecule has 0 aromatic heterocycles. The summed E-state index contributed by atoms with van der Waals surface area (Å²) in [5.74, 6) is -2.54. The van der Waals surface area contributed by atoms with E-state index in [0.29, 0.717) is 16.8 Å². The van der Waals surface area contributed by atoms with Crippen molar-refractivity contribution in [3.8, 4) is 11.1 Å². The number of benzene rings is 3. The fourth-order valence-electron chi connectivity index (χ4n) is 4.38. The number of carbonyl (C=O) groups excluding carboxylic acids is 2. The number of nitrogens with one attached hydrogen (secondary N) is 1. The molecule has 0 aliphatic carbocycles. The molecule has 0 saturated carbocycles. The van der Waals surface area contributed by atoms with Crippen LogP contribution in [-0.4, -0.2) is 33.8 Å². The third-order valence-electron chi connectivity index (χ3n) is 6.12. The third kappa shape index (κ3) is 4.82. The smallest absolute Gasteiger partial charge is 0.417 e. The fraction of sp³-hybridized carbons (Fsp3) is 0.222. The molecule has 186 valence electrons. The number of nitrogens with zero attached hydrogens (tertiary/aromatic N) is 1. The molecule has 36 heavy (non-hydrogen) atoms. The minimum Gasteiger partial charge on any atom is -0.480 e. The summed E-state index contributed by atoms with van der Waals surface area (Å²) in [5.41, 5.74) is 1.42. The Balaban J connectivity index is 1.53. The Labute approximate surface area is 205 Å². The Morgan fingerprint density at radius 2 is 1.61 bits per heavy atom. The summed E-state index contributed by atoms with van der Waals surface area (Å²) in [6, 6.07) is 15.4. The Hall–Kier alpha value is -4.14. The summed E-state index contributed by atoms with van der Waals surface area (Å²) in [4.78, 5) is 38.5. The number of anilines is 1. The maximum absolute atomic E-state index is 13.2. The van der Waals surface area contributed by atoms with E-state index in [1.165, 1.54) is 17.0 Å². The first kappa shape index (κ1) is 25.0. The van der Waals surface area contributed by atoms with E-state index in [0.717, 1.165) is 23.3 Å². The highest BCUT2D eigenvalue weighted by atomic mass is 19.4. The molecule has 6 nitrogen and oxygen atoms in total.